The molecule has 9 heteroatoms. The fourth-order valence-corrected chi connectivity index (χ4v) is 2.92. The first kappa shape index (κ1) is 14.9. The lowest BCUT2D eigenvalue weighted by atomic mass is 10.00. The molecule has 0 amide bonds. The van der Waals surface area contributed by atoms with Gasteiger partial charge in [-0.2, -0.15) is 0 Å². The molecule has 2 fully saturated rings. The van der Waals surface area contributed by atoms with E-state index in [4.69, 9.17) is 18.9 Å². The summed E-state index contributed by atoms with van der Waals surface area (Å²) in [5.41, 5.74) is -2.07. The van der Waals surface area contributed by atoms with E-state index in [0.29, 0.717) is 0 Å². The minimum absolute atomic E-state index is 0.0358. The Morgan fingerprint density at radius 3 is 2.95 bits per heavy atom. The summed E-state index contributed by atoms with van der Waals surface area (Å²) in [4.78, 5) is 36.3. The molecule has 1 aromatic rings. The average molecular weight is 312 g/mol. The lowest BCUT2D eigenvalue weighted by Gasteiger charge is -2.30. The van der Waals surface area contributed by atoms with Gasteiger partial charge in [0.2, 0.25) is 0 Å². The van der Waals surface area contributed by atoms with Gasteiger partial charge in [-0.05, 0) is 0 Å². The Balaban J connectivity index is 1.92. The van der Waals surface area contributed by atoms with E-state index >= 15 is 0 Å². The van der Waals surface area contributed by atoms with Crippen molar-refractivity contribution < 1.29 is 23.7 Å². The van der Waals surface area contributed by atoms with Crippen LogP contribution in [0.25, 0.3) is 0 Å². The van der Waals surface area contributed by atoms with Gasteiger partial charge >= 0.3 is 11.7 Å². The van der Waals surface area contributed by atoms with Crippen molar-refractivity contribution in [3.63, 3.8) is 0 Å². The summed E-state index contributed by atoms with van der Waals surface area (Å²) in [7, 11) is 1.50. The standard InChI is InChI=1S/C13H16N2O7/c1-7(16)20-5-13-6-21-9(10(13)19-2)11(22-13)15-4-3-8(17)14-12(15)18/h3-4,9-11H,5-6H2,1-2H3,(H,14,17,18)/t9?,10-,11-,13-/m1/s1. The number of nitrogens with one attached hydrogen (secondary N) is 1. The number of nitrogens with zero attached hydrogens (tertiary/aromatic N) is 1. The fourth-order valence-electron chi connectivity index (χ4n) is 2.92. The molecule has 0 aliphatic carbocycles. The molecule has 1 aromatic heterocycles. The second-order valence-electron chi connectivity index (χ2n) is 5.30. The van der Waals surface area contributed by atoms with Crippen LogP contribution in [0.1, 0.15) is 13.2 Å². The first-order chi connectivity index (χ1) is 10.5. The first-order valence-electron chi connectivity index (χ1n) is 6.74. The number of hydrogen-bond acceptors (Lipinski definition) is 7. The summed E-state index contributed by atoms with van der Waals surface area (Å²) in [5, 5.41) is 0. The van der Waals surface area contributed by atoms with Crippen molar-refractivity contribution in [3.8, 4) is 0 Å². The van der Waals surface area contributed by atoms with Gasteiger partial charge in [0.25, 0.3) is 5.56 Å². The Labute approximate surface area is 124 Å². The number of rotatable bonds is 4. The Bertz CT molecular complexity index is 696. The summed E-state index contributed by atoms with van der Waals surface area (Å²) in [6.07, 6.45) is -0.458. The predicted octanol–water partition coefficient (Wildman–Crippen LogP) is -1.22. The fraction of sp³-hybridized carbons (Fsp3) is 0.615. The van der Waals surface area contributed by atoms with E-state index in [-0.39, 0.29) is 13.2 Å². The van der Waals surface area contributed by atoms with Crippen LogP contribution in [0.5, 0.6) is 0 Å². The number of carbonyl (C=O) groups excluding carboxylic acids is 1. The molecule has 2 aliphatic rings. The van der Waals surface area contributed by atoms with Gasteiger partial charge in [-0.15, -0.1) is 0 Å². The van der Waals surface area contributed by atoms with Crippen molar-refractivity contribution in [3.05, 3.63) is 33.1 Å². The molecule has 22 heavy (non-hydrogen) atoms. The maximum absolute atomic E-state index is 11.9. The van der Waals surface area contributed by atoms with E-state index in [9.17, 15) is 14.4 Å². The number of aromatic amines is 1. The third kappa shape index (κ3) is 2.27. The van der Waals surface area contributed by atoms with Gasteiger partial charge in [-0.3, -0.25) is 19.1 Å². The third-order valence-electron chi connectivity index (χ3n) is 3.87. The van der Waals surface area contributed by atoms with E-state index < -0.39 is 41.3 Å². The monoisotopic (exact) mass is 312 g/mol. The highest BCUT2D eigenvalue weighted by atomic mass is 16.7. The van der Waals surface area contributed by atoms with Crippen molar-refractivity contribution in [1.29, 1.82) is 0 Å². The number of methoxy groups -OCH3 is 1. The highest BCUT2D eigenvalue weighted by Crippen LogP contribution is 2.45. The zero-order chi connectivity index (χ0) is 15.9. The Kier molecular flexibility index (Phi) is 3.63. The molecular formula is C13H16N2O7. The number of carbonyl (C=O) groups is 1. The molecule has 3 rings (SSSR count). The first-order valence-corrected chi connectivity index (χ1v) is 6.74. The Hall–Kier alpha value is -1.97. The zero-order valence-electron chi connectivity index (χ0n) is 12.1. The average Bonchev–Trinajstić information content (AvgIpc) is 2.97. The molecule has 2 saturated heterocycles. The van der Waals surface area contributed by atoms with Crippen LogP contribution in [0, 0.1) is 0 Å². The lowest BCUT2D eigenvalue weighted by molar-refractivity contribution is -0.197. The summed E-state index contributed by atoms with van der Waals surface area (Å²) >= 11 is 0. The minimum Gasteiger partial charge on any atom is -0.463 e. The number of fused-ring (bicyclic) bond motifs is 2. The maximum atomic E-state index is 11.9. The molecule has 0 aromatic carbocycles. The van der Waals surface area contributed by atoms with Crippen molar-refractivity contribution in [2.75, 3.05) is 20.3 Å². The van der Waals surface area contributed by atoms with E-state index in [1.807, 2.05) is 0 Å². The minimum atomic E-state index is -0.967. The van der Waals surface area contributed by atoms with Gasteiger partial charge < -0.3 is 18.9 Å². The van der Waals surface area contributed by atoms with Gasteiger partial charge in [0.05, 0.1) is 6.61 Å². The van der Waals surface area contributed by atoms with E-state index in [0.717, 1.165) is 0 Å². The van der Waals surface area contributed by atoms with Crippen molar-refractivity contribution in [2.45, 2.75) is 31.0 Å². The van der Waals surface area contributed by atoms with Crippen LogP contribution in [0.2, 0.25) is 0 Å². The number of H-pyrrole nitrogens is 1. The molecule has 2 bridgehead atoms. The summed E-state index contributed by atoms with van der Waals surface area (Å²) in [6.45, 7) is 1.45. The van der Waals surface area contributed by atoms with Crippen LogP contribution in [0.15, 0.2) is 21.9 Å². The van der Waals surface area contributed by atoms with Crippen LogP contribution in [0.3, 0.4) is 0 Å². The highest BCUT2D eigenvalue weighted by Gasteiger charge is 2.63. The lowest BCUT2D eigenvalue weighted by Crippen LogP contribution is -2.46. The molecule has 120 valence electrons. The summed E-state index contributed by atoms with van der Waals surface area (Å²) < 4.78 is 23.3. The van der Waals surface area contributed by atoms with Crippen molar-refractivity contribution >= 4 is 5.97 Å². The SMILES string of the molecule is CO[C@@H]1C2OC[C@@]1(COC(C)=O)O[C@H]2n1ccc(=O)[nH]c1=O. The predicted molar refractivity (Wildman–Crippen MR) is 71.3 cm³/mol. The Morgan fingerprint density at radius 2 is 2.32 bits per heavy atom. The number of esters is 1. The van der Waals surface area contributed by atoms with Gasteiger partial charge in [0.15, 0.2) is 11.8 Å². The molecule has 1 unspecified atom stereocenters. The van der Waals surface area contributed by atoms with Gasteiger partial charge in [-0.25, -0.2) is 4.79 Å². The topological polar surface area (TPSA) is 109 Å². The van der Waals surface area contributed by atoms with Crippen molar-refractivity contribution in [1.82, 2.24) is 9.55 Å². The van der Waals surface area contributed by atoms with E-state index in [1.165, 1.54) is 30.9 Å². The normalized spacial score (nSPS) is 33.1. The number of ether oxygens (including phenoxy) is 4. The summed E-state index contributed by atoms with van der Waals surface area (Å²) in [5.74, 6) is -0.444. The van der Waals surface area contributed by atoms with Crippen molar-refractivity contribution in [2.24, 2.45) is 0 Å². The smallest absolute Gasteiger partial charge is 0.330 e. The Morgan fingerprint density at radius 1 is 1.55 bits per heavy atom. The zero-order valence-corrected chi connectivity index (χ0v) is 12.1. The van der Waals surface area contributed by atoms with Crippen LogP contribution >= 0.6 is 0 Å². The molecule has 0 saturated carbocycles. The molecule has 4 atom stereocenters. The van der Waals surface area contributed by atoms with Gasteiger partial charge in [0, 0.05) is 26.3 Å². The second-order valence-corrected chi connectivity index (χ2v) is 5.30. The molecule has 9 nitrogen and oxygen atoms in total. The highest BCUT2D eigenvalue weighted by molar-refractivity contribution is 5.66. The molecule has 3 heterocycles. The van der Waals surface area contributed by atoms with E-state index in [2.05, 4.69) is 4.98 Å². The molecule has 0 spiro atoms. The van der Waals surface area contributed by atoms with Crippen LogP contribution in [0.4, 0.5) is 0 Å². The summed E-state index contributed by atoms with van der Waals surface area (Å²) in [6, 6.07) is 1.22. The van der Waals surface area contributed by atoms with E-state index in [1.54, 1.807) is 0 Å². The quantitative estimate of drug-likeness (QED) is 0.694. The van der Waals surface area contributed by atoms with Crippen LogP contribution in [-0.4, -0.2) is 53.7 Å². The maximum Gasteiger partial charge on any atom is 0.330 e. The van der Waals surface area contributed by atoms with Crippen LogP contribution < -0.4 is 11.2 Å². The molecular weight excluding hydrogens is 296 g/mol. The molecule has 0 radical (unpaired) electrons. The third-order valence-corrected chi connectivity index (χ3v) is 3.87. The molecule has 2 aliphatic heterocycles. The molecule has 1 N–H and O–H groups in total. The second kappa shape index (κ2) is 5.34. The largest absolute Gasteiger partial charge is 0.463 e. The number of aromatic nitrogens is 2. The number of hydrogen-bond donors (Lipinski definition) is 1. The van der Waals surface area contributed by atoms with Gasteiger partial charge in [0.1, 0.15) is 18.8 Å². The van der Waals surface area contributed by atoms with Gasteiger partial charge in [-0.1, -0.05) is 0 Å². The van der Waals surface area contributed by atoms with Crippen LogP contribution in [-0.2, 0) is 23.7 Å².